The van der Waals surface area contributed by atoms with E-state index in [4.69, 9.17) is 4.74 Å². The highest BCUT2D eigenvalue weighted by Gasteiger charge is 2.14. The zero-order valence-corrected chi connectivity index (χ0v) is 16.2. The van der Waals surface area contributed by atoms with Gasteiger partial charge < -0.3 is 9.30 Å². The van der Waals surface area contributed by atoms with E-state index in [0.29, 0.717) is 16.3 Å². The van der Waals surface area contributed by atoms with Gasteiger partial charge in [0.25, 0.3) is 5.91 Å². The number of ether oxygens (including phenoxy) is 1. The molecular formula is C20H16N2O3S2. The molecule has 4 rings (SSSR count). The van der Waals surface area contributed by atoms with Gasteiger partial charge in [0.15, 0.2) is 4.80 Å². The molecule has 7 heteroatoms. The summed E-state index contributed by atoms with van der Waals surface area (Å²) in [6.07, 6.45) is 0. The summed E-state index contributed by atoms with van der Waals surface area (Å²) in [6, 6.07) is 15.6. The van der Waals surface area contributed by atoms with Gasteiger partial charge in [0.1, 0.15) is 6.54 Å². The summed E-state index contributed by atoms with van der Waals surface area (Å²) in [5, 5.41) is 4.02. The van der Waals surface area contributed by atoms with Gasteiger partial charge >= 0.3 is 5.97 Å². The largest absolute Gasteiger partial charge is 0.465 e. The smallest absolute Gasteiger partial charge is 0.326 e. The normalized spacial score (nSPS) is 12.0. The van der Waals surface area contributed by atoms with E-state index in [2.05, 4.69) is 4.99 Å². The Balaban J connectivity index is 1.93. The van der Waals surface area contributed by atoms with E-state index in [1.165, 1.54) is 22.7 Å². The first-order valence-electron chi connectivity index (χ1n) is 8.46. The molecule has 0 spiro atoms. The molecule has 0 aliphatic heterocycles. The van der Waals surface area contributed by atoms with Crippen LogP contribution in [0.4, 0.5) is 0 Å². The maximum Gasteiger partial charge on any atom is 0.326 e. The van der Waals surface area contributed by atoms with Gasteiger partial charge in [-0.25, -0.2) is 0 Å². The van der Waals surface area contributed by atoms with Crippen LogP contribution in [0.1, 0.15) is 16.6 Å². The highest BCUT2D eigenvalue weighted by molar-refractivity contribution is 7.17. The lowest BCUT2D eigenvalue weighted by atomic mass is 10.1. The van der Waals surface area contributed by atoms with Crippen LogP contribution in [0.15, 0.2) is 58.9 Å². The number of carbonyl (C=O) groups excluding carboxylic acids is 2. The van der Waals surface area contributed by atoms with E-state index in [0.717, 1.165) is 21.0 Å². The molecule has 0 fully saturated rings. The molecule has 0 saturated carbocycles. The summed E-state index contributed by atoms with van der Waals surface area (Å²) in [7, 11) is 0. The zero-order valence-electron chi connectivity index (χ0n) is 14.5. The topological polar surface area (TPSA) is 60.7 Å². The molecule has 2 aromatic carbocycles. The Morgan fingerprint density at radius 3 is 2.74 bits per heavy atom. The molecule has 2 aromatic heterocycles. The van der Waals surface area contributed by atoms with Gasteiger partial charge in [-0.1, -0.05) is 47.7 Å². The summed E-state index contributed by atoms with van der Waals surface area (Å²) in [5.41, 5.74) is 0.865. The summed E-state index contributed by atoms with van der Waals surface area (Å²) in [4.78, 5) is 30.0. The molecule has 0 N–H and O–H groups in total. The van der Waals surface area contributed by atoms with Crippen LogP contribution in [0, 0.1) is 0 Å². The Bertz CT molecular complexity index is 1200. The van der Waals surface area contributed by atoms with Crippen molar-refractivity contribution < 1.29 is 14.3 Å². The molecule has 27 heavy (non-hydrogen) atoms. The number of esters is 1. The Labute approximate surface area is 163 Å². The number of hydrogen-bond acceptors (Lipinski definition) is 5. The van der Waals surface area contributed by atoms with Crippen molar-refractivity contribution in [3.8, 4) is 0 Å². The van der Waals surface area contributed by atoms with Crippen molar-refractivity contribution in [2.45, 2.75) is 13.5 Å². The first-order valence-corrected chi connectivity index (χ1v) is 10.2. The second-order valence-corrected chi connectivity index (χ2v) is 7.73. The summed E-state index contributed by atoms with van der Waals surface area (Å²) in [5.74, 6) is -0.658. The van der Waals surface area contributed by atoms with Crippen LogP contribution in [-0.2, 0) is 16.1 Å². The maximum atomic E-state index is 12.5. The molecule has 136 valence electrons. The molecule has 0 unspecified atom stereocenters. The lowest BCUT2D eigenvalue weighted by Crippen LogP contribution is -2.23. The summed E-state index contributed by atoms with van der Waals surface area (Å²) in [6.45, 7) is 2.10. The minimum absolute atomic E-state index is 0.0166. The molecule has 0 atom stereocenters. The standard InChI is InChI=1S/C20H16N2O3S2/c1-2-25-17(23)12-22-15-10-9-13-6-3-4-7-14(13)18(15)27-20(22)21-19(24)16-8-5-11-26-16/h3-11H,2,12H2,1H3. The molecule has 0 aliphatic rings. The Morgan fingerprint density at radius 1 is 1.11 bits per heavy atom. The average molecular weight is 396 g/mol. The zero-order chi connectivity index (χ0) is 18.8. The van der Waals surface area contributed by atoms with Crippen molar-refractivity contribution in [1.29, 1.82) is 0 Å². The fourth-order valence-electron chi connectivity index (χ4n) is 2.91. The van der Waals surface area contributed by atoms with Crippen LogP contribution < -0.4 is 4.80 Å². The van der Waals surface area contributed by atoms with E-state index < -0.39 is 0 Å². The number of aromatic nitrogens is 1. The summed E-state index contributed by atoms with van der Waals surface area (Å²) < 4.78 is 7.86. The molecule has 2 heterocycles. The van der Waals surface area contributed by atoms with Crippen molar-refractivity contribution in [2.24, 2.45) is 4.99 Å². The van der Waals surface area contributed by atoms with Crippen molar-refractivity contribution >= 4 is 55.5 Å². The van der Waals surface area contributed by atoms with E-state index >= 15 is 0 Å². The number of benzene rings is 2. The first-order chi connectivity index (χ1) is 13.2. The lowest BCUT2D eigenvalue weighted by Gasteiger charge is -2.05. The number of amides is 1. The number of carbonyl (C=O) groups is 2. The fraction of sp³-hybridized carbons (Fsp3) is 0.150. The fourth-order valence-corrected chi connectivity index (χ4v) is 4.68. The second-order valence-electron chi connectivity index (χ2n) is 5.81. The highest BCUT2D eigenvalue weighted by Crippen LogP contribution is 2.27. The maximum absolute atomic E-state index is 12.5. The predicted molar refractivity (Wildman–Crippen MR) is 108 cm³/mol. The van der Waals surface area contributed by atoms with E-state index in [1.807, 2.05) is 47.8 Å². The van der Waals surface area contributed by atoms with Crippen molar-refractivity contribution in [1.82, 2.24) is 4.57 Å². The van der Waals surface area contributed by atoms with Crippen LogP contribution >= 0.6 is 22.7 Å². The van der Waals surface area contributed by atoms with Crippen LogP contribution in [0.5, 0.6) is 0 Å². The third-order valence-electron chi connectivity index (χ3n) is 4.10. The molecule has 4 aromatic rings. The van der Waals surface area contributed by atoms with Gasteiger partial charge in [-0.3, -0.25) is 9.59 Å². The highest BCUT2D eigenvalue weighted by atomic mass is 32.1. The lowest BCUT2D eigenvalue weighted by molar-refractivity contribution is -0.143. The van der Waals surface area contributed by atoms with E-state index in [9.17, 15) is 9.59 Å². The van der Waals surface area contributed by atoms with Crippen molar-refractivity contribution in [3.63, 3.8) is 0 Å². The quantitative estimate of drug-likeness (QED) is 0.485. The van der Waals surface area contributed by atoms with Crippen molar-refractivity contribution in [2.75, 3.05) is 6.61 Å². The minimum Gasteiger partial charge on any atom is -0.465 e. The molecule has 1 amide bonds. The van der Waals surface area contributed by atoms with Gasteiger partial charge in [-0.05, 0) is 29.8 Å². The van der Waals surface area contributed by atoms with E-state index in [1.54, 1.807) is 17.6 Å². The van der Waals surface area contributed by atoms with Crippen molar-refractivity contribution in [3.05, 3.63) is 63.6 Å². The van der Waals surface area contributed by atoms with Crippen LogP contribution in [0.25, 0.3) is 21.0 Å². The summed E-state index contributed by atoms with van der Waals surface area (Å²) >= 11 is 2.76. The molecule has 0 saturated heterocycles. The van der Waals surface area contributed by atoms with Gasteiger partial charge in [-0.15, -0.1) is 11.3 Å². The van der Waals surface area contributed by atoms with Crippen LogP contribution in [-0.4, -0.2) is 23.1 Å². The monoisotopic (exact) mass is 396 g/mol. The number of rotatable bonds is 4. The molecule has 0 bridgehead atoms. The number of thiophene rings is 1. The predicted octanol–water partition coefficient (Wildman–Crippen LogP) is 4.22. The van der Waals surface area contributed by atoms with Gasteiger partial charge in [-0.2, -0.15) is 4.99 Å². The van der Waals surface area contributed by atoms with Gasteiger partial charge in [0.05, 0.1) is 21.7 Å². The first kappa shape index (κ1) is 17.6. The van der Waals surface area contributed by atoms with E-state index in [-0.39, 0.29) is 18.4 Å². The van der Waals surface area contributed by atoms with Crippen LogP contribution in [0.2, 0.25) is 0 Å². The second kappa shape index (κ2) is 7.46. The Hall–Kier alpha value is -2.77. The third-order valence-corrected chi connectivity index (χ3v) is 6.08. The molecule has 0 aliphatic carbocycles. The number of fused-ring (bicyclic) bond motifs is 3. The third kappa shape index (κ3) is 3.43. The van der Waals surface area contributed by atoms with Gasteiger partial charge in [0, 0.05) is 5.39 Å². The molecular weight excluding hydrogens is 380 g/mol. The Morgan fingerprint density at radius 2 is 1.96 bits per heavy atom. The SMILES string of the molecule is CCOC(=O)Cn1c(=NC(=O)c2cccs2)sc2c3ccccc3ccc21. The van der Waals surface area contributed by atoms with Gasteiger partial charge in [0.2, 0.25) is 0 Å². The average Bonchev–Trinajstić information content (AvgIpc) is 3.31. The number of nitrogens with zero attached hydrogens (tertiary/aromatic N) is 2. The Kier molecular flexibility index (Phi) is 4.87. The minimum atomic E-state index is -0.351. The molecule has 5 nitrogen and oxygen atoms in total. The van der Waals surface area contributed by atoms with Crippen LogP contribution in [0.3, 0.4) is 0 Å². The number of hydrogen-bond donors (Lipinski definition) is 0. The number of thiazole rings is 1. The molecule has 0 radical (unpaired) electrons.